The standard InChI is InChI=1S/C15H21F2N3O3S/c1-23-7-6-19-13(21)8-24-12-5-3-2-4-11(12)14(22)20-10-15(16,17)9-18/h2-5H,6-10,18H2,1H3,(H,19,21)(H,20,22). The molecule has 1 rings (SSSR count). The summed E-state index contributed by atoms with van der Waals surface area (Å²) in [6, 6.07) is 6.50. The van der Waals surface area contributed by atoms with Gasteiger partial charge in [0.15, 0.2) is 0 Å². The predicted molar refractivity (Wildman–Crippen MR) is 88.4 cm³/mol. The molecule has 0 unspecified atom stereocenters. The van der Waals surface area contributed by atoms with Crippen LogP contribution in [-0.2, 0) is 9.53 Å². The molecule has 0 radical (unpaired) electrons. The van der Waals surface area contributed by atoms with Crippen LogP contribution >= 0.6 is 11.8 Å². The van der Waals surface area contributed by atoms with Gasteiger partial charge in [0.1, 0.15) is 0 Å². The van der Waals surface area contributed by atoms with Crippen molar-refractivity contribution in [2.75, 3.05) is 39.1 Å². The molecule has 1 aromatic carbocycles. The number of rotatable bonds is 10. The third-order valence-corrected chi connectivity index (χ3v) is 4.00. The largest absolute Gasteiger partial charge is 0.383 e. The zero-order valence-electron chi connectivity index (χ0n) is 13.3. The molecule has 0 aliphatic rings. The number of carbonyl (C=O) groups is 2. The van der Waals surface area contributed by atoms with Crippen LogP contribution in [0.1, 0.15) is 10.4 Å². The van der Waals surface area contributed by atoms with Crippen LogP contribution in [-0.4, -0.2) is 56.8 Å². The smallest absolute Gasteiger partial charge is 0.277 e. The highest BCUT2D eigenvalue weighted by atomic mass is 32.2. The minimum atomic E-state index is -3.15. The van der Waals surface area contributed by atoms with Gasteiger partial charge in [-0.05, 0) is 12.1 Å². The summed E-state index contributed by atoms with van der Waals surface area (Å²) in [7, 11) is 1.53. The lowest BCUT2D eigenvalue weighted by Crippen LogP contribution is -2.41. The van der Waals surface area contributed by atoms with E-state index in [1.165, 1.54) is 13.2 Å². The van der Waals surface area contributed by atoms with Crippen LogP contribution in [0.15, 0.2) is 29.2 Å². The zero-order valence-corrected chi connectivity index (χ0v) is 14.1. The Balaban J connectivity index is 2.61. The van der Waals surface area contributed by atoms with Crippen molar-refractivity contribution in [1.29, 1.82) is 0 Å². The van der Waals surface area contributed by atoms with Gasteiger partial charge in [0.05, 0.1) is 31.0 Å². The van der Waals surface area contributed by atoms with Crippen molar-refractivity contribution in [3.63, 3.8) is 0 Å². The number of halogens is 2. The molecule has 0 aliphatic carbocycles. The first kappa shape index (κ1) is 20.3. The first-order valence-electron chi connectivity index (χ1n) is 7.23. The molecule has 2 amide bonds. The lowest BCUT2D eigenvalue weighted by atomic mass is 10.2. The summed E-state index contributed by atoms with van der Waals surface area (Å²) in [5.74, 6) is -3.89. The first-order chi connectivity index (χ1) is 11.4. The normalized spacial score (nSPS) is 11.2. The molecule has 0 saturated carbocycles. The number of thioether (sulfide) groups is 1. The zero-order chi connectivity index (χ0) is 18.0. The lowest BCUT2D eigenvalue weighted by Gasteiger charge is -2.15. The topological polar surface area (TPSA) is 93.4 Å². The maximum absolute atomic E-state index is 13.1. The Morgan fingerprint density at radius 1 is 1.29 bits per heavy atom. The average Bonchev–Trinajstić information content (AvgIpc) is 2.58. The molecule has 0 aliphatic heterocycles. The molecule has 0 atom stereocenters. The van der Waals surface area contributed by atoms with Gasteiger partial charge in [-0.25, -0.2) is 8.78 Å². The number of carbonyl (C=O) groups excluding carboxylic acids is 2. The molecule has 0 aromatic heterocycles. The van der Waals surface area contributed by atoms with E-state index in [1.54, 1.807) is 18.2 Å². The molecule has 134 valence electrons. The average molecular weight is 361 g/mol. The molecule has 6 nitrogen and oxygen atoms in total. The monoisotopic (exact) mass is 361 g/mol. The molecule has 4 N–H and O–H groups in total. The van der Waals surface area contributed by atoms with Crippen molar-refractivity contribution in [3.05, 3.63) is 29.8 Å². The Morgan fingerprint density at radius 3 is 2.67 bits per heavy atom. The summed E-state index contributed by atoms with van der Waals surface area (Å²) in [5, 5.41) is 4.82. The maximum atomic E-state index is 13.1. The lowest BCUT2D eigenvalue weighted by molar-refractivity contribution is -0.118. The van der Waals surface area contributed by atoms with E-state index in [2.05, 4.69) is 10.6 Å². The summed E-state index contributed by atoms with van der Waals surface area (Å²) in [6.07, 6.45) is 0. The van der Waals surface area contributed by atoms with Crippen molar-refractivity contribution in [2.24, 2.45) is 5.73 Å². The van der Waals surface area contributed by atoms with Gasteiger partial charge in [-0.15, -0.1) is 11.8 Å². The van der Waals surface area contributed by atoms with E-state index in [9.17, 15) is 18.4 Å². The number of nitrogens with one attached hydrogen (secondary N) is 2. The molecule has 0 spiro atoms. The number of ether oxygens (including phenoxy) is 1. The van der Waals surface area contributed by atoms with E-state index < -0.39 is 24.9 Å². The molecule has 24 heavy (non-hydrogen) atoms. The number of amides is 2. The minimum absolute atomic E-state index is 0.104. The Labute approximate surface area is 143 Å². The summed E-state index contributed by atoms with van der Waals surface area (Å²) in [5.41, 5.74) is 5.17. The van der Waals surface area contributed by atoms with Gasteiger partial charge in [-0.2, -0.15) is 0 Å². The fourth-order valence-corrected chi connectivity index (χ4v) is 2.52. The molecule has 1 aromatic rings. The van der Waals surface area contributed by atoms with Gasteiger partial charge >= 0.3 is 0 Å². The number of nitrogens with two attached hydrogens (primary N) is 1. The fraction of sp³-hybridized carbons (Fsp3) is 0.467. The highest BCUT2D eigenvalue weighted by Crippen LogP contribution is 2.22. The molecule has 0 fully saturated rings. The quantitative estimate of drug-likeness (QED) is 0.425. The molecular formula is C15H21F2N3O3S. The van der Waals surface area contributed by atoms with Crippen molar-refractivity contribution < 1.29 is 23.1 Å². The second-order valence-corrected chi connectivity index (χ2v) is 5.89. The predicted octanol–water partition coefficient (Wildman–Crippen LogP) is 0.865. The van der Waals surface area contributed by atoms with Crippen LogP contribution in [0.4, 0.5) is 8.78 Å². The summed E-state index contributed by atoms with van der Waals surface area (Å²) < 4.78 is 31.1. The third kappa shape index (κ3) is 7.24. The van der Waals surface area contributed by atoms with Gasteiger partial charge in [0, 0.05) is 18.6 Å². The molecule has 0 heterocycles. The number of benzene rings is 1. The Kier molecular flexibility index (Phi) is 8.66. The van der Waals surface area contributed by atoms with Crippen LogP contribution in [0.25, 0.3) is 0 Å². The van der Waals surface area contributed by atoms with Crippen molar-refractivity contribution in [3.8, 4) is 0 Å². The Morgan fingerprint density at radius 2 is 2.00 bits per heavy atom. The van der Waals surface area contributed by atoms with E-state index >= 15 is 0 Å². The molecule has 9 heteroatoms. The van der Waals surface area contributed by atoms with Crippen molar-refractivity contribution >= 4 is 23.6 Å². The number of hydrogen-bond donors (Lipinski definition) is 3. The van der Waals surface area contributed by atoms with Gasteiger partial charge < -0.3 is 21.1 Å². The molecule has 0 bridgehead atoms. The maximum Gasteiger partial charge on any atom is 0.277 e. The molecule has 0 saturated heterocycles. The Bertz CT molecular complexity index is 559. The van der Waals surface area contributed by atoms with Gasteiger partial charge in [-0.3, -0.25) is 9.59 Å². The van der Waals surface area contributed by atoms with Gasteiger partial charge in [0.25, 0.3) is 11.8 Å². The van der Waals surface area contributed by atoms with Gasteiger partial charge in [-0.1, -0.05) is 12.1 Å². The number of hydrogen-bond acceptors (Lipinski definition) is 5. The third-order valence-electron chi connectivity index (χ3n) is 2.93. The second-order valence-electron chi connectivity index (χ2n) is 4.87. The summed E-state index contributed by atoms with van der Waals surface area (Å²) in [4.78, 5) is 24.3. The summed E-state index contributed by atoms with van der Waals surface area (Å²) in [6.45, 7) is -0.874. The van der Waals surface area contributed by atoms with E-state index in [0.29, 0.717) is 18.0 Å². The molecular weight excluding hydrogens is 340 g/mol. The van der Waals surface area contributed by atoms with Crippen LogP contribution in [0, 0.1) is 0 Å². The van der Waals surface area contributed by atoms with Crippen molar-refractivity contribution in [2.45, 2.75) is 10.8 Å². The number of methoxy groups -OCH3 is 1. The van der Waals surface area contributed by atoms with Crippen LogP contribution < -0.4 is 16.4 Å². The van der Waals surface area contributed by atoms with Crippen LogP contribution in [0.5, 0.6) is 0 Å². The Hall–Kier alpha value is -1.71. The van der Waals surface area contributed by atoms with Crippen molar-refractivity contribution in [1.82, 2.24) is 10.6 Å². The van der Waals surface area contributed by atoms with Gasteiger partial charge in [0.2, 0.25) is 5.91 Å². The SMILES string of the molecule is COCCNC(=O)CSc1ccccc1C(=O)NCC(F)(F)CN. The van der Waals surface area contributed by atoms with E-state index in [0.717, 1.165) is 11.8 Å². The van der Waals surface area contributed by atoms with Crippen LogP contribution in [0.3, 0.4) is 0 Å². The second kappa shape index (κ2) is 10.2. The van der Waals surface area contributed by atoms with E-state index in [4.69, 9.17) is 10.5 Å². The number of alkyl halides is 2. The van der Waals surface area contributed by atoms with Crippen LogP contribution in [0.2, 0.25) is 0 Å². The minimum Gasteiger partial charge on any atom is -0.383 e. The summed E-state index contributed by atoms with van der Waals surface area (Å²) >= 11 is 1.15. The van der Waals surface area contributed by atoms with E-state index in [1.807, 2.05) is 0 Å². The highest BCUT2D eigenvalue weighted by molar-refractivity contribution is 8.00. The first-order valence-corrected chi connectivity index (χ1v) is 8.21. The highest BCUT2D eigenvalue weighted by Gasteiger charge is 2.27. The fourth-order valence-electron chi connectivity index (χ4n) is 1.64. The van der Waals surface area contributed by atoms with E-state index in [-0.39, 0.29) is 17.2 Å².